The number of rotatable bonds is 3. The van der Waals surface area contributed by atoms with Gasteiger partial charge >= 0.3 is 0 Å². The van der Waals surface area contributed by atoms with E-state index in [9.17, 15) is 4.79 Å². The molecule has 1 amide bonds. The van der Waals surface area contributed by atoms with E-state index in [-0.39, 0.29) is 23.5 Å². The highest BCUT2D eigenvalue weighted by atomic mass is 16.2. The van der Waals surface area contributed by atoms with Crippen LogP contribution in [0.15, 0.2) is 0 Å². The summed E-state index contributed by atoms with van der Waals surface area (Å²) in [5, 5.41) is 12.2. The van der Waals surface area contributed by atoms with Gasteiger partial charge in [-0.3, -0.25) is 9.69 Å². The maximum Gasteiger partial charge on any atom is 0.234 e. The van der Waals surface area contributed by atoms with Crippen LogP contribution in [0.4, 0.5) is 0 Å². The molecule has 0 aromatic carbocycles. The summed E-state index contributed by atoms with van der Waals surface area (Å²) in [5.74, 6) is 0.750. The van der Waals surface area contributed by atoms with Crippen LogP contribution in [0, 0.1) is 17.2 Å². The van der Waals surface area contributed by atoms with Crippen LogP contribution in [0.5, 0.6) is 0 Å². The zero-order valence-electron chi connectivity index (χ0n) is 12.0. The van der Waals surface area contributed by atoms with E-state index in [1.165, 1.54) is 6.42 Å². The predicted molar refractivity (Wildman–Crippen MR) is 75.6 cm³/mol. The molecule has 0 radical (unpaired) electrons. The largest absolute Gasteiger partial charge is 0.352 e. The third kappa shape index (κ3) is 2.82. The number of hydrogen-bond acceptors (Lipinski definition) is 4. The first kappa shape index (κ1) is 13.8. The molecule has 3 unspecified atom stereocenters. The van der Waals surface area contributed by atoms with Gasteiger partial charge in [-0.15, -0.1) is 0 Å². The summed E-state index contributed by atoms with van der Waals surface area (Å²) in [6, 6.07) is 2.43. The van der Waals surface area contributed by atoms with Gasteiger partial charge in [0.2, 0.25) is 5.91 Å². The van der Waals surface area contributed by atoms with Crippen molar-refractivity contribution in [2.75, 3.05) is 13.1 Å². The molecule has 0 aromatic rings. The Morgan fingerprint density at radius 1 is 1.45 bits per heavy atom. The Labute approximate surface area is 120 Å². The van der Waals surface area contributed by atoms with Crippen molar-refractivity contribution in [3.8, 4) is 6.07 Å². The molecule has 3 aliphatic rings. The SMILES string of the molecule is N#C[C@@H]1CCCN1CC(=O)NC1CC2CCC(N)(C2)C1. The lowest BCUT2D eigenvalue weighted by Gasteiger charge is -2.35. The van der Waals surface area contributed by atoms with E-state index in [0.29, 0.717) is 12.5 Å². The zero-order valence-corrected chi connectivity index (χ0v) is 12.0. The van der Waals surface area contributed by atoms with Crippen molar-refractivity contribution in [1.82, 2.24) is 10.2 Å². The van der Waals surface area contributed by atoms with Gasteiger partial charge in [0.15, 0.2) is 0 Å². The Morgan fingerprint density at radius 2 is 2.30 bits per heavy atom. The summed E-state index contributed by atoms with van der Waals surface area (Å²) in [6.45, 7) is 1.22. The molecule has 5 nitrogen and oxygen atoms in total. The Bertz CT molecular complexity index is 432. The van der Waals surface area contributed by atoms with Gasteiger partial charge in [-0.25, -0.2) is 0 Å². The molecule has 0 aromatic heterocycles. The van der Waals surface area contributed by atoms with Crippen LogP contribution in [0.1, 0.15) is 44.9 Å². The lowest BCUT2D eigenvalue weighted by molar-refractivity contribution is -0.123. The third-order valence-corrected chi connectivity index (χ3v) is 5.24. The van der Waals surface area contributed by atoms with Crippen LogP contribution < -0.4 is 11.1 Å². The molecular weight excluding hydrogens is 252 g/mol. The number of nitriles is 1. The van der Waals surface area contributed by atoms with Crippen molar-refractivity contribution in [3.05, 3.63) is 0 Å². The second-order valence-corrected chi connectivity index (χ2v) is 6.93. The van der Waals surface area contributed by atoms with E-state index in [2.05, 4.69) is 11.4 Å². The highest BCUT2D eigenvalue weighted by Crippen LogP contribution is 2.43. The molecule has 0 spiro atoms. The number of nitrogens with one attached hydrogen (secondary N) is 1. The first-order valence-electron chi connectivity index (χ1n) is 7.80. The Kier molecular flexibility index (Phi) is 3.70. The topological polar surface area (TPSA) is 82.2 Å². The Hall–Kier alpha value is -1.12. The highest BCUT2D eigenvalue weighted by molar-refractivity contribution is 5.78. The van der Waals surface area contributed by atoms with Gasteiger partial charge in [-0.2, -0.15) is 5.26 Å². The van der Waals surface area contributed by atoms with Crippen LogP contribution in [-0.4, -0.2) is 41.5 Å². The second-order valence-electron chi connectivity index (χ2n) is 6.93. The van der Waals surface area contributed by atoms with E-state index in [4.69, 9.17) is 11.0 Å². The fraction of sp³-hybridized carbons (Fsp3) is 0.867. The van der Waals surface area contributed by atoms with Crippen molar-refractivity contribution < 1.29 is 4.79 Å². The first-order chi connectivity index (χ1) is 9.58. The fourth-order valence-corrected chi connectivity index (χ4v) is 4.36. The summed E-state index contributed by atoms with van der Waals surface area (Å²) in [4.78, 5) is 14.2. The van der Waals surface area contributed by atoms with E-state index in [0.717, 1.165) is 45.1 Å². The Morgan fingerprint density at radius 3 is 3.05 bits per heavy atom. The number of hydrogen-bond donors (Lipinski definition) is 2. The first-order valence-corrected chi connectivity index (χ1v) is 7.80. The number of nitrogens with two attached hydrogens (primary N) is 1. The predicted octanol–water partition coefficient (Wildman–Crippen LogP) is 0.751. The minimum absolute atomic E-state index is 0.0380. The quantitative estimate of drug-likeness (QED) is 0.797. The van der Waals surface area contributed by atoms with Crippen molar-refractivity contribution in [1.29, 1.82) is 5.26 Å². The van der Waals surface area contributed by atoms with Crippen molar-refractivity contribution in [2.24, 2.45) is 11.7 Å². The summed E-state index contributed by atoms with van der Waals surface area (Å²) < 4.78 is 0. The van der Waals surface area contributed by atoms with Gasteiger partial charge in [-0.05, 0) is 50.9 Å². The zero-order chi connectivity index (χ0) is 14.2. The van der Waals surface area contributed by atoms with E-state index in [1.807, 2.05) is 4.90 Å². The van der Waals surface area contributed by atoms with Crippen LogP contribution >= 0.6 is 0 Å². The van der Waals surface area contributed by atoms with Crippen molar-refractivity contribution >= 4 is 5.91 Å². The van der Waals surface area contributed by atoms with Gasteiger partial charge in [0, 0.05) is 18.1 Å². The second kappa shape index (κ2) is 5.34. The molecule has 2 saturated carbocycles. The number of likely N-dealkylation sites (tertiary alicyclic amines) is 1. The maximum atomic E-state index is 12.2. The van der Waals surface area contributed by atoms with Gasteiger partial charge in [0.05, 0.1) is 18.7 Å². The minimum Gasteiger partial charge on any atom is -0.352 e. The van der Waals surface area contributed by atoms with Crippen LogP contribution in [0.3, 0.4) is 0 Å². The molecule has 110 valence electrons. The van der Waals surface area contributed by atoms with Gasteiger partial charge < -0.3 is 11.1 Å². The third-order valence-electron chi connectivity index (χ3n) is 5.24. The lowest BCUT2D eigenvalue weighted by Crippen LogP contribution is -2.51. The van der Waals surface area contributed by atoms with E-state index in [1.54, 1.807) is 0 Å². The van der Waals surface area contributed by atoms with Crippen LogP contribution in [0.2, 0.25) is 0 Å². The highest BCUT2D eigenvalue weighted by Gasteiger charge is 2.43. The smallest absolute Gasteiger partial charge is 0.234 e. The number of carbonyl (C=O) groups is 1. The number of fused-ring (bicyclic) bond motifs is 2. The molecule has 1 saturated heterocycles. The molecule has 1 heterocycles. The van der Waals surface area contributed by atoms with Crippen molar-refractivity contribution in [3.63, 3.8) is 0 Å². The van der Waals surface area contributed by atoms with Gasteiger partial charge in [-0.1, -0.05) is 0 Å². The monoisotopic (exact) mass is 276 g/mol. The maximum absolute atomic E-state index is 12.2. The lowest BCUT2D eigenvalue weighted by atomic mass is 9.80. The van der Waals surface area contributed by atoms with Crippen LogP contribution in [0.25, 0.3) is 0 Å². The molecule has 4 atom stereocenters. The van der Waals surface area contributed by atoms with Gasteiger partial charge in [0.25, 0.3) is 0 Å². The van der Waals surface area contributed by atoms with Gasteiger partial charge in [0.1, 0.15) is 0 Å². The molecule has 1 aliphatic heterocycles. The molecule has 2 aliphatic carbocycles. The average Bonchev–Trinajstić information content (AvgIpc) is 2.93. The summed E-state index contributed by atoms with van der Waals surface area (Å²) in [7, 11) is 0. The Balaban J connectivity index is 1.51. The van der Waals surface area contributed by atoms with E-state index >= 15 is 0 Å². The molecule has 2 bridgehead atoms. The number of carbonyl (C=O) groups excluding carboxylic acids is 1. The molecule has 20 heavy (non-hydrogen) atoms. The van der Waals surface area contributed by atoms with Crippen molar-refractivity contribution in [2.45, 2.75) is 62.6 Å². The standard InChI is InChI=1S/C15H24N4O/c16-9-13-2-1-5-19(13)10-14(20)18-12-6-11-3-4-15(17,7-11)8-12/h11-13H,1-8,10,17H2,(H,18,20)/t11?,12?,13-,15?/m0/s1. The summed E-state index contributed by atoms with van der Waals surface area (Å²) in [5.41, 5.74) is 6.33. The molecule has 3 fully saturated rings. The number of amides is 1. The normalized spacial score (nSPS) is 40.5. The summed E-state index contributed by atoms with van der Waals surface area (Å²) in [6.07, 6.45) is 7.34. The molecule has 3 rings (SSSR count). The van der Waals surface area contributed by atoms with E-state index < -0.39 is 0 Å². The average molecular weight is 276 g/mol. The number of nitrogens with zero attached hydrogens (tertiary/aromatic N) is 2. The molecule has 3 N–H and O–H groups in total. The minimum atomic E-state index is -0.0795. The molecule has 5 heteroatoms. The summed E-state index contributed by atoms with van der Waals surface area (Å²) >= 11 is 0. The fourth-order valence-electron chi connectivity index (χ4n) is 4.36. The van der Waals surface area contributed by atoms with Crippen LogP contribution in [-0.2, 0) is 4.79 Å². The molecular formula is C15H24N4O.